The maximum absolute atomic E-state index is 6.08. The molecular formula is C17H26BrNOS. The molecule has 1 rings (SSSR count). The van der Waals surface area contributed by atoms with E-state index in [1.807, 2.05) is 19.0 Å². The summed E-state index contributed by atoms with van der Waals surface area (Å²) in [7, 11) is 3.80. The van der Waals surface area contributed by atoms with Crippen molar-refractivity contribution in [2.24, 2.45) is 0 Å². The van der Waals surface area contributed by atoms with Crippen molar-refractivity contribution in [3.8, 4) is 5.75 Å². The minimum atomic E-state index is -0.0267. The lowest BCUT2D eigenvalue weighted by Crippen LogP contribution is -2.28. The van der Waals surface area contributed by atoms with Gasteiger partial charge in [0.1, 0.15) is 5.75 Å². The molecule has 1 aromatic carbocycles. The summed E-state index contributed by atoms with van der Waals surface area (Å²) in [4.78, 5) is 1.82. The van der Waals surface area contributed by atoms with Crippen LogP contribution in [-0.4, -0.2) is 24.2 Å². The lowest BCUT2D eigenvalue weighted by molar-refractivity contribution is 0.419. The Morgan fingerprint density at radius 1 is 1.00 bits per heavy atom. The maximum atomic E-state index is 6.08. The SMILES string of the molecule is CN(C)C(=S)Oc1c(C(C)(C)C)cc(Br)cc1C(C)(C)C. The van der Waals surface area contributed by atoms with Gasteiger partial charge in [0, 0.05) is 29.7 Å². The summed E-state index contributed by atoms with van der Waals surface area (Å²) in [5.41, 5.74) is 2.26. The Morgan fingerprint density at radius 3 is 1.67 bits per heavy atom. The van der Waals surface area contributed by atoms with E-state index in [2.05, 4.69) is 69.6 Å². The zero-order valence-electron chi connectivity index (χ0n) is 14.3. The highest BCUT2D eigenvalue weighted by Gasteiger charge is 2.28. The number of thiocarbonyl (C=S) groups is 1. The van der Waals surface area contributed by atoms with Crippen LogP contribution in [0.1, 0.15) is 52.7 Å². The second kappa shape index (κ2) is 6.25. The first-order valence-corrected chi connectivity index (χ1v) is 8.28. The van der Waals surface area contributed by atoms with E-state index in [-0.39, 0.29) is 10.8 Å². The second-order valence-corrected chi connectivity index (χ2v) is 8.86. The highest BCUT2D eigenvalue weighted by Crippen LogP contribution is 2.42. The van der Waals surface area contributed by atoms with Gasteiger partial charge in [-0.2, -0.15) is 0 Å². The summed E-state index contributed by atoms with van der Waals surface area (Å²) in [5.74, 6) is 0.886. The fraction of sp³-hybridized carbons (Fsp3) is 0.588. The third-order valence-corrected chi connectivity index (χ3v) is 4.13. The summed E-state index contributed by atoms with van der Waals surface area (Å²) in [6, 6.07) is 4.26. The Morgan fingerprint density at radius 2 is 1.38 bits per heavy atom. The van der Waals surface area contributed by atoms with Gasteiger partial charge in [-0.15, -0.1) is 0 Å². The van der Waals surface area contributed by atoms with E-state index in [0.29, 0.717) is 5.17 Å². The third-order valence-electron chi connectivity index (χ3n) is 3.22. The predicted octanol–water partition coefficient (Wildman–Crippen LogP) is 5.27. The van der Waals surface area contributed by atoms with E-state index in [1.54, 1.807) is 0 Å². The van der Waals surface area contributed by atoms with Gasteiger partial charge in [-0.3, -0.25) is 0 Å². The number of hydrogen-bond donors (Lipinski definition) is 0. The molecule has 21 heavy (non-hydrogen) atoms. The van der Waals surface area contributed by atoms with Gasteiger partial charge in [-0.25, -0.2) is 0 Å². The third kappa shape index (κ3) is 4.68. The highest BCUT2D eigenvalue weighted by molar-refractivity contribution is 9.10. The van der Waals surface area contributed by atoms with Crippen molar-refractivity contribution < 1.29 is 4.74 Å². The van der Waals surface area contributed by atoms with Gasteiger partial charge in [0.15, 0.2) is 0 Å². The number of hydrogen-bond acceptors (Lipinski definition) is 2. The van der Waals surface area contributed by atoms with Gasteiger partial charge in [-0.05, 0) is 35.2 Å². The summed E-state index contributed by atoms with van der Waals surface area (Å²) in [6.07, 6.45) is 0. The van der Waals surface area contributed by atoms with E-state index >= 15 is 0 Å². The molecule has 0 fully saturated rings. The molecule has 0 aliphatic heterocycles. The maximum Gasteiger partial charge on any atom is 0.264 e. The first-order chi connectivity index (χ1) is 9.34. The van der Waals surface area contributed by atoms with E-state index in [4.69, 9.17) is 17.0 Å². The minimum Gasteiger partial charge on any atom is -0.431 e. The number of rotatable bonds is 1. The molecule has 0 atom stereocenters. The van der Waals surface area contributed by atoms with Crippen molar-refractivity contribution in [3.05, 3.63) is 27.7 Å². The van der Waals surface area contributed by atoms with Crippen LogP contribution >= 0.6 is 28.1 Å². The van der Waals surface area contributed by atoms with Crippen LogP contribution in [0.5, 0.6) is 5.75 Å². The standard InChI is InChI=1S/C17H26BrNOS/c1-16(2,3)12-9-11(18)10-13(17(4,5)6)14(12)20-15(21)19(7)8/h9-10H,1-8H3. The van der Waals surface area contributed by atoms with Crippen molar-refractivity contribution in [1.29, 1.82) is 0 Å². The Balaban J connectivity index is 3.58. The molecule has 0 N–H and O–H groups in total. The molecule has 0 aliphatic rings. The lowest BCUT2D eigenvalue weighted by atomic mass is 9.79. The molecule has 0 saturated carbocycles. The first kappa shape index (κ1) is 18.4. The summed E-state index contributed by atoms with van der Waals surface area (Å²) < 4.78 is 7.15. The van der Waals surface area contributed by atoms with Crippen LogP contribution in [0.25, 0.3) is 0 Å². The summed E-state index contributed by atoms with van der Waals surface area (Å²) in [5, 5.41) is 0.480. The molecule has 4 heteroatoms. The Hall–Kier alpha value is -0.610. The van der Waals surface area contributed by atoms with Gasteiger partial charge in [0.25, 0.3) is 5.17 Å². The van der Waals surface area contributed by atoms with E-state index in [1.165, 1.54) is 0 Å². The van der Waals surface area contributed by atoms with Crippen LogP contribution in [0.15, 0.2) is 16.6 Å². The minimum absolute atomic E-state index is 0.0267. The highest BCUT2D eigenvalue weighted by atomic mass is 79.9. The number of nitrogens with zero attached hydrogens (tertiary/aromatic N) is 1. The molecule has 0 spiro atoms. The molecule has 0 heterocycles. The van der Waals surface area contributed by atoms with Crippen molar-refractivity contribution in [2.45, 2.75) is 52.4 Å². The average molecular weight is 372 g/mol. The van der Waals surface area contributed by atoms with E-state index in [9.17, 15) is 0 Å². The van der Waals surface area contributed by atoms with Crippen LogP contribution in [0.2, 0.25) is 0 Å². The normalized spacial score (nSPS) is 12.2. The largest absolute Gasteiger partial charge is 0.431 e. The Bertz CT molecular complexity index is 504. The second-order valence-electron chi connectivity index (χ2n) is 7.59. The quantitative estimate of drug-likeness (QED) is 0.623. The molecule has 118 valence electrons. The van der Waals surface area contributed by atoms with E-state index in [0.717, 1.165) is 21.3 Å². The molecule has 1 aromatic rings. The number of ether oxygens (including phenoxy) is 1. The zero-order chi connectivity index (χ0) is 16.6. The van der Waals surface area contributed by atoms with Crippen LogP contribution in [0.4, 0.5) is 0 Å². The van der Waals surface area contributed by atoms with Gasteiger partial charge in [-0.1, -0.05) is 57.5 Å². The van der Waals surface area contributed by atoms with Crippen LogP contribution in [0.3, 0.4) is 0 Å². The smallest absolute Gasteiger partial charge is 0.264 e. The number of halogens is 1. The summed E-state index contributed by atoms with van der Waals surface area (Å²) in [6.45, 7) is 13.1. The molecule has 0 bridgehead atoms. The topological polar surface area (TPSA) is 12.5 Å². The zero-order valence-corrected chi connectivity index (χ0v) is 16.7. The van der Waals surface area contributed by atoms with Gasteiger partial charge in [0.2, 0.25) is 0 Å². The lowest BCUT2D eigenvalue weighted by Gasteiger charge is -2.30. The van der Waals surface area contributed by atoms with Crippen molar-refractivity contribution >= 4 is 33.3 Å². The Labute approximate surface area is 143 Å². The monoisotopic (exact) mass is 371 g/mol. The molecule has 0 unspecified atom stereocenters. The van der Waals surface area contributed by atoms with E-state index < -0.39 is 0 Å². The van der Waals surface area contributed by atoms with Crippen molar-refractivity contribution in [3.63, 3.8) is 0 Å². The van der Waals surface area contributed by atoms with Crippen LogP contribution in [-0.2, 0) is 10.8 Å². The first-order valence-electron chi connectivity index (χ1n) is 7.07. The summed E-state index contributed by atoms with van der Waals surface area (Å²) >= 11 is 8.98. The van der Waals surface area contributed by atoms with Gasteiger partial charge < -0.3 is 9.64 Å². The molecule has 0 aliphatic carbocycles. The molecular weight excluding hydrogens is 346 g/mol. The van der Waals surface area contributed by atoms with Crippen molar-refractivity contribution in [2.75, 3.05) is 14.1 Å². The molecule has 0 amide bonds. The molecule has 0 saturated heterocycles. The van der Waals surface area contributed by atoms with Crippen molar-refractivity contribution in [1.82, 2.24) is 4.90 Å². The fourth-order valence-corrected chi connectivity index (χ4v) is 2.54. The molecule has 2 nitrogen and oxygen atoms in total. The molecule has 0 radical (unpaired) electrons. The number of benzene rings is 1. The molecule has 0 aromatic heterocycles. The fourth-order valence-electron chi connectivity index (χ4n) is 2.00. The van der Waals surface area contributed by atoms with Gasteiger partial charge in [0.05, 0.1) is 0 Å². The predicted molar refractivity (Wildman–Crippen MR) is 98.5 cm³/mol. The van der Waals surface area contributed by atoms with Crippen LogP contribution < -0.4 is 4.74 Å². The average Bonchev–Trinajstić information content (AvgIpc) is 2.27. The van der Waals surface area contributed by atoms with Gasteiger partial charge >= 0.3 is 0 Å². The van der Waals surface area contributed by atoms with Crippen LogP contribution in [0, 0.1) is 0 Å². The Kier molecular flexibility index (Phi) is 5.49.